The third-order valence-corrected chi connectivity index (χ3v) is 4.42. The zero-order chi connectivity index (χ0) is 11.9. The molecule has 0 fully saturated rings. The number of aryl methyl sites for hydroxylation is 1. The molecule has 0 aromatic heterocycles. The fraction of sp³-hybridized carbons (Fsp3) is 0.625. The third kappa shape index (κ3) is 1.90. The van der Waals surface area contributed by atoms with E-state index in [1.807, 2.05) is 0 Å². The van der Waals surface area contributed by atoms with Gasteiger partial charge >= 0.3 is 0 Å². The van der Waals surface area contributed by atoms with Gasteiger partial charge in [-0.3, -0.25) is 0 Å². The predicted octanol–water partition coefficient (Wildman–Crippen LogP) is 4.88. The van der Waals surface area contributed by atoms with Gasteiger partial charge in [0.25, 0.3) is 0 Å². The molecule has 0 heterocycles. The quantitative estimate of drug-likeness (QED) is 0.627. The molecule has 0 heteroatoms. The number of hydrogen-bond acceptors (Lipinski definition) is 0. The average Bonchev–Trinajstić information content (AvgIpc) is 2.23. The number of hydrogen-bond donors (Lipinski definition) is 0. The van der Waals surface area contributed by atoms with Gasteiger partial charge in [0.05, 0.1) is 0 Å². The maximum Gasteiger partial charge on any atom is -0.0133 e. The van der Waals surface area contributed by atoms with E-state index in [9.17, 15) is 0 Å². The fourth-order valence-electron chi connectivity index (χ4n) is 3.10. The summed E-state index contributed by atoms with van der Waals surface area (Å²) < 4.78 is 0. The third-order valence-electron chi connectivity index (χ3n) is 4.42. The fourth-order valence-corrected chi connectivity index (χ4v) is 3.10. The molecule has 0 amide bonds. The Morgan fingerprint density at radius 2 is 1.81 bits per heavy atom. The Bertz CT molecular complexity index is 376. The molecule has 2 rings (SSSR count). The predicted molar refractivity (Wildman–Crippen MR) is 71.0 cm³/mol. The number of rotatable bonds is 1. The van der Waals surface area contributed by atoms with Gasteiger partial charge in [0.15, 0.2) is 0 Å². The zero-order valence-corrected chi connectivity index (χ0v) is 11.2. The second-order valence-electron chi connectivity index (χ2n) is 5.98. The van der Waals surface area contributed by atoms with Crippen molar-refractivity contribution in [3.63, 3.8) is 0 Å². The molecular formula is C16H24. The van der Waals surface area contributed by atoms with Crippen LogP contribution in [0, 0.1) is 18.8 Å². The molecule has 1 aromatic rings. The van der Waals surface area contributed by atoms with Crippen LogP contribution in [0.4, 0.5) is 0 Å². The van der Waals surface area contributed by atoms with Crippen molar-refractivity contribution in [2.75, 3.05) is 0 Å². The molecule has 3 atom stereocenters. The maximum atomic E-state index is 2.41. The molecule has 3 unspecified atom stereocenters. The van der Waals surface area contributed by atoms with Crippen LogP contribution in [0.15, 0.2) is 18.2 Å². The highest BCUT2D eigenvalue weighted by molar-refractivity contribution is 5.39. The summed E-state index contributed by atoms with van der Waals surface area (Å²) in [7, 11) is 0. The molecule has 0 saturated carbocycles. The smallest absolute Gasteiger partial charge is 0.0133 e. The molecule has 0 bridgehead atoms. The molecule has 1 aromatic carbocycles. The van der Waals surface area contributed by atoms with Gasteiger partial charge in [-0.1, -0.05) is 51.5 Å². The van der Waals surface area contributed by atoms with Crippen molar-refractivity contribution in [2.45, 2.75) is 52.9 Å². The first-order chi connectivity index (χ1) is 7.50. The van der Waals surface area contributed by atoms with Crippen LogP contribution in [0.25, 0.3) is 0 Å². The summed E-state index contributed by atoms with van der Waals surface area (Å²) >= 11 is 0. The Morgan fingerprint density at radius 3 is 2.44 bits per heavy atom. The molecule has 0 nitrogen and oxygen atoms in total. The van der Waals surface area contributed by atoms with Crippen molar-refractivity contribution in [1.29, 1.82) is 0 Å². The van der Waals surface area contributed by atoms with Crippen LogP contribution in [0.5, 0.6) is 0 Å². The van der Waals surface area contributed by atoms with Crippen LogP contribution in [-0.2, 0) is 0 Å². The van der Waals surface area contributed by atoms with Gasteiger partial charge in [0, 0.05) is 0 Å². The van der Waals surface area contributed by atoms with E-state index in [4.69, 9.17) is 0 Å². The molecule has 0 aliphatic heterocycles. The van der Waals surface area contributed by atoms with E-state index in [1.165, 1.54) is 12.0 Å². The van der Waals surface area contributed by atoms with E-state index >= 15 is 0 Å². The monoisotopic (exact) mass is 216 g/mol. The summed E-state index contributed by atoms with van der Waals surface area (Å²) in [6.45, 7) is 11.7. The Hall–Kier alpha value is -0.780. The summed E-state index contributed by atoms with van der Waals surface area (Å²) in [6.07, 6.45) is 1.36. The standard InChI is InChI=1S/C16H24/c1-10(2)15-9-12(4)13(5)16-8-11(3)6-7-14(15)16/h6-8,10,12-13,15H,9H2,1-5H3. The Balaban J connectivity index is 2.49. The van der Waals surface area contributed by atoms with Crippen molar-refractivity contribution in [2.24, 2.45) is 11.8 Å². The SMILES string of the molecule is Cc1ccc2c(c1)C(C)C(C)CC2C(C)C. The van der Waals surface area contributed by atoms with Crippen molar-refractivity contribution in [3.8, 4) is 0 Å². The van der Waals surface area contributed by atoms with Crippen LogP contribution in [0.3, 0.4) is 0 Å². The van der Waals surface area contributed by atoms with E-state index in [1.54, 1.807) is 11.1 Å². The van der Waals surface area contributed by atoms with Crippen LogP contribution >= 0.6 is 0 Å². The molecule has 1 aliphatic rings. The Kier molecular flexibility index (Phi) is 3.10. The van der Waals surface area contributed by atoms with Crippen molar-refractivity contribution in [3.05, 3.63) is 34.9 Å². The minimum Gasteiger partial charge on any atom is -0.0622 e. The largest absolute Gasteiger partial charge is 0.0622 e. The number of fused-ring (bicyclic) bond motifs is 1. The normalized spacial score (nSPS) is 29.2. The second kappa shape index (κ2) is 4.24. The van der Waals surface area contributed by atoms with E-state index < -0.39 is 0 Å². The molecule has 16 heavy (non-hydrogen) atoms. The lowest BCUT2D eigenvalue weighted by Gasteiger charge is -2.37. The maximum absolute atomic E-state index is 2.41. The summed E-state index contributed by atoms with van der Waals surface area (Å²) in [5, 5.41) is 0. The van der Waals surface area contributed by atoms with Gasteiger partial charge in [0.1, 0.15) is 0 Å². The highest BCUT2D eigenvalue weighted by Crippen LogP contribution is 2.45. The van der Waals surface area contributed by atoms with Crippen LogP contribution in [0.1, 0.15) is 62.6 Å². The molecular weight excluding hydrogens is 192 g/mol. The van der Waals surface area contributed by atoms with E-state index in [0.717, 1.165) is 23.7 Å². The lowest BCUT2D eigenvalue weighted by Crippen LogP contribution is -2.23. The zero-order valence-electron chi connectivity index (χ0n) is 11.2. The lowest BCUT2D eigenvalue weighted by molar-refractivity contribution is 0.327. The Labute approximate surface area is 100 Å². The Morgan fingerprint density at radius 1 is 1.12 bits per heavy atom. The molecule has 0 N–H and O–H groups in total. The topological polar surface area (TPSA) is 0 Å². The van der Waals surface area contributed by atoms with Crippen molar-refractivity contribution in [1.82, 2.24) is 0 Å². The second-order valence-corrected chi connectivity index (χ2v) is 5.98. The van der Waals surface area contributed by atoms with Gasteiger partial charge in [-0.25, -0.2) is 0 Å². The molecule has 88 valence electrons. The van der Waals surface area contributed by atoms with E-state index in [0.29, 0.717) is 0 Å². The molecule has 0 radical (unpaired) electrons. The van der Waals surface area contributed by atoms with Gasteiger partial charge in [0.2, 0.25) is 0 Å². The number of benzene rings is 1. The van der Waals surface area contributed by atoms with Crippen molar-refractivity contribution < 1.29 is 0 Å². The summed E-state index contributed by atoms with van der Waals surface area (Å²) in [4.78, 5) is 0. The lowest BCUT2D eigenvalue weighted by atomic mass is 9.68. The van der Waals surface area contributed by atoms with Crippen LogP contribution in [0.2, 0.25) is 0 Å². The van der Waals surface area contributed by atoms with Gasteiger partial charge in [-0.05, 0) is 48.1 Å². The van der Waals surface area contributed by atoms with Gasteiger partial charge in [-0.2, -0.15) is 0 Å². The summed E-state index contributed by atoms with van der Waals surface area (Å²) in [5.41, 5.74) is 4.63. The minimum absolute atomic E-state index is 0.727. The molecule has 1 aliphatic carbocycles. The first-order valence-corrected chi connectivity index (χ1v) is 6.61. The first kappa shape index (κ1) is 11.7. The highest BCUT2D eigenvalue weighted by Gasteiger charge is 2.31. The molecule has 0 spiro atoms. The minimum atomic E-state index is 0.727. The summed E-state index contributed by atoms with van der Waals surface area (Å²) in [5.74, 6) is 3.07. The average molecular weight is 216 g/mol. The first-order valence-electron chi connectivity index (χ1n) is 6.61. The van der Waals surface area contributed by atoms with E-state index in [2.05, 4.69) is 52.8 Å². The molecule has 0 saturated heterocycles. The van der Waals surface area contributed by atoms with Crippen molar-refractivity contribution >= 4 is 0 Å². The van der Waals surface area contributed by atoms with Crippen LogP contribution in [-0.4, -0.2) is 0 Å². The summed E-state index contributed by atoms with van der Waals surface area (Å²) in [6, 6.07) is 7.06. The van der Waals surface area contributed by atoms with E-state index in [-0.39, 0.29) is 0 Å². The van der Waals surface area contributed by atoms with Gasteiger partial charge in [-0.15, -0.1) is 0 Å². The highest BCUT2D eigenvalue weighted by atomic mass is 14.4. The van der Waals surface area contributed by atoms with Crippen LogP contribution < -0.4 is 0 Å². The van der Waals surface area contributed by atoms with Gasteiger partial charge < -0.3 is 0 Å².